The maximum Gasteiger partial charge on any atom is 0.270 e. The normalized spacial score (nSPS) is 11.7. The molecule has 1 N–H and O–H groups in total. The molecule has 0 saturated carbocycles. The van der Waals surface area contributed by atoms with E-state index in [0.29, 0.717) is 22.9 Å². The minimum atomic E-state index is -0.725. The summed E-state index contributed by atoms with van der Waals surface area (Å²) in [6, 6.07) is 13.8. The number of nitrogens with one attached hydrogen (secondary N) is 1. The van der Waals surface area contributed by atoms with Crippen molar-refractivity contribution in [1.82, 2.24) is 5.32 Å². The van der Waals surface area contributed by atoms with Gasteiger partial charge in [0.2, 0.25) is 5.78 Å². The number of benzene rings is 1. The number of carbonyl (C=O) groups is 1. The molecule has 2 heterocycles. The van der Waals surface area contributed by atoms with Crippen molar-refractivity contribution in [2.75, 3.05) is 0 Å². The zero-order valence-electron chi connectivity index (χ0n) is 13.3. The molecule has 3 rings (SSSR count). The van der Waals surface area contributed by atoms with Gasteiger partial charge in [0.25, 0.3) is 6.04 Å². The Morgan fingerprint density at radius 2 is 1.84 bits per heavy atom. The number of Topliss-reactive ketones (excluding diaryl/α,β-unsaturated/α-hetero) is 1. The first-order chi connectivity index (χ1) is 12.1. The molecule has 0 amide bonds. The fourth-order valence-corrected chi connectivity index (χ4v) is 2.73. The second-order valence-corrected chi connectivity index (χ2v) is 5.83. The summed E-state index contributed by atoms with van der Waals surface area (Å²) >= 11 is 5.46. The van der Waals surface area contributed by atoms with Gasteiger partial charge in [-0.3, -0.25) is 4.79 Å². The topological polar surface area (TPSA) is 46.1 Å². The molecule has 6 heteroatoms. The first-order valence-corrected chi connectivity index (χ1v) is 8.11. The van der Waals surface area contributed by atoms with Crippen LogP contribution in [0.2, 0.25) is 0 Å². The van der Waals surface area contributed by atoms with E-state index in [1.165, 1.54) is 24.3 Å². The summed E-state index contributed by atoms with van der Waals surface area (Å²) in [5.41, 5.74) is 0.393. The molecule has 4 nitrogen and oxygen atoms in total. The van der Waals surface area contributed by atoms with E-state index in [-0.39, 0.29) is 11.6 Å². The zero-order chi connectivity index (χ0) is 17.6. The number of furan rings is 1. The van der Waals surface area contributed by atoms with Gasteiger partial charge in [-0.15, -0.1) is 0 Å². The Balaban J connectivity index is 1.85. The summed E-state index contributed by atoms with van der Waals surface area (Å²) in [6.07, 6.45) is 5.12. The van der Waals surface area contributed by atoms with Gasteiger partial charge in [0.1, 0.15) is 11.6 Å². The van der Waals surface area contributed by atoms with Gasteiger partial charge in [-0.25, -0.2) is 4.39 Å². The van der Waals surface area contributed by atoms with E-state index < -0.39 is 6.04 Å². The molecular formula is C19H16FN2O2S+. The van der Waals surface area contributed by atoms with Gasteiger partial charge in [-0.05, 0) is 36.4 Å². The Kier molecular flexibility index (Phi) is 5.30. The number of thiocarbonyl (C=S) groups is 1. The molecule has 3 aromatic rings. The van der Waals surface area contributed by atoms with Gasteiger partial charge < -0.3 is 9.73 Å². The van der Waals surface area contributed by atoms with E-state index in [1.807, 2.05) is 24.3 Å². The number of rotatable bonds is 6. The van der Waals surface area contributed by atoms with Crippen molar-refractivity contribution < 1.29 is 18.2 Å². The van der Waals surface area contributed by atoms with Crippen molar-refractivity contribution in [2.45, 2.75) is 12.6 Å². The van der Waals surface area contributed by atoms with Crippen LogP contribution >= 0.6 is 12.2 Å². The predicted molar refractivity (Wildman–Crippen MR) is 94.6 cm³/mol. The minimum Gasteiger partial charge on any atom is -0.467 e. The van der Waals surface area contributed by atoms with Crippen LogP contribution in [0.15, 0.2) is 77.7 Å². The van der Waals surface area contributed by atoms with Crippen molar-refractivity contribution in [3.63, 3.8) is 0 Å². The molecule has 0 aliphatic rings. The Morgan fingerprint density at radius 1 is 1.12 bits per heavy atom. The van der Waals surface area contributed by atoms with Crippen LogP contribution in [0.1, 0.15) is 22.2 Å². The van der Waals surface area contributed by atoms with E-state index in [2.05, 4.69) is 5.32 Å². The second-order valence-electron chi connectivity index (χ2n) is 5.39. The quantitative estimate of drug-likeness (QED) is 0.419. The summed E-state index contributed by atoms with van der Waals surface area (Å²) < 4.78 is 20.1. The van der Waals surface area contributed by atoms with Gasteiger partial charge in [0.05, 0.1) is 12.8 Å². The summed E-state index contributed by atoms with van der Waals surface area (Å²) in [4.78, 5) is 13.3. The molecule has 0 saturated heterocycles. The third kappa shape index (κ3) is 4.16. The molecule has 1 atom stereocenters. The van der Waals surface area contributed by atoms with E-state index >= 15 is 0 Å². The van der Waals surface area contributed by atoms with Crippen molar-refractivity contribution in [1.29, 1.82) is 0 Å². The van der Waals surface area contributed by atoms with Crippen molar-refractivity contribution in [2.24, 2.45) is 0 Å². The summed E-state index contributed by atoms with van der Waals surface area (Å²) in [7, 11) is 0. The SMILES string of the molecule is O=C(c1ccc(F)cc1)[C@H](C(=S)NCc1ccco1)[n+]1ccccc1. The lowest BCUT2D eigenvalue weighted by Crippen LogP contribution is -2.51. The first kappa shape index (κ1) is 17.0. The minimum absolute atomic E-state index is 0.215. The zero-order valence-corrected chi connectivity index (χ0v) is 14.1. The van der Waals surface area contributed by atoms with Gasteiger partial charge in [-0.1, -0.05) is 18.3 Å². The molecule has 25 heavy (non-hydrogen) atoms. The number of halogens is 1. The number of hydrogen-bond acceptors (Lipinski definition) is 3. The largest absolute Gasteiger partial charge is 0.467 e. The predicted octanol–water partition coefficient (Wildman–Crippen LogP) is 3.25. The van der Waals surface area contributed by atoms with Crippen molar-refractivity contribution in [3.8, 4) is 0 Å². The smallest absolute Gasteiger partial charge is 0.270 e. The van der Waals surface area contributed by atoms with Gasteiger partial charge in [-0.2, -0.15) is 4.57 Å². The number of pyridine rings is 1. The fourth-order valence-electron chi connectivity index (χ4n) is 2.43. The highest BCUT2D eigenvalue weighted by Gasteiger charge is 2.33. The average molecular weight is 355 g/mol. The monoisotopic (exact) mass is 355 g/mol. The highest BCUT2D eigenvalue weighted by molar-refractivity contribution is 7.80. The lowest BCUT2D eigenvalue weighted by Gasteiger charge is -2.14. The molecule has 0 radical (unpaired) electrons. The summed E-state index contributed by atoms with van der Waals surface area (Å²) in [5.74, 6) is 0.112. The van der Waals surface area contributed by atoms with Crippen molar-refractivity contribution in [3.05, 3.63) is 90.4 Å². The van der Waals surface area contributed by atoms with Crippen LogP contribution < -0.4 is 9.88 Å². The van der Waals surface area contributed by atoms with Crippen molar-refractivity contribution >= 4 is 23.0 Å². The lowest BCUT2D eigenvalue weighted by molar-refractivity contribution is -0.692. The number of hydrogen-bond donors (Lipinski definition) is 1. The van der Waals surface area contributed by atoms with E-state index in [0.717, 1.165) is 0 Å². The first-order valence-electron chi connectivity index (χ1n) is 7.71. The number of ketones is 1. The maximum absolute atomic E-state index is 13.1. The van der Waals surface area contributed by atoms with Crippen LogP contribution in [-0.2, 0) is 6.54 Å². The van der Waals surface area contributed by atoms with Gasteiger partial charge in [0.15, 0.2) is 17.4 Å². The molecular weight excluding hydrogens is 339 g/mol. The van der Waals surface area contributed by atoms with Crippen LogP contribution in [0, 0.1) is 5.82 Å². The van der Waals surface area contributed by atoms with E-state index in [4.69, 9.17) is 16.6 Å². The van der Waals surface area contributed by atoms with Gasteiger partial charge >= 0.3 is 0 Å². The maximum atomic E-state index is 13.1. The average Bonchev–Trinajstić information content (AvgIpc) is 3.15. The Labute approximate surface area is 149 Å². The summed E-state index contributed by atoms with van der Waals surface area (Å²) in [5, 5.41) is 3.07. The van der Waals surface area contributed by atoms with Crippen LogP contribution in [-0.4, -0.2) is 10.8 Å². The number of nitrogens with zero attached hydrogens (tertiary/aromatic N) is 1. The highest BCUT2D eigenvalue weighted by atomic mass is 32.1. The van der Waals surface area contributed by atoms with E-state index in [9.17, 15) is 9.18 Å². The molecule has 126 valence electrons. The van der Waals surface area contributed by atoms with Crippen LogP contribution in [0.5, 0.6) is 0 Å². The molecule has 0 aliphatic carbocycles. The molecule has 0 bridgehead atoms. The highest BCUT2D eigenvalue weighted by Crippen LogP contribution is 2.12. The summed E-state index contributed by atoms with van der Waals surface area (Å²) in [6.45, 7) is 0.381. The Morgan fingerprint density at radius 3 is 2.48 bits per heavy atom. The fraction of sp³-hybridized carbons (Fsp3) is 0.105. The molecule has 1 aromatic carbocycles. The molecule has 0 fully saturated rings. The number of aromatic nitrogens is 1. The lowest BCUT2D eigenvalue weighted by atomic mass is 10.0. The van der Waals surface area contributed by atoms with Gasteiger partial charge in [0, 0.05) is 17.7 Å². The third-order valence-electron chi connectivity index (χ3n) is 3.68. The van der Waals surface area contributed by atoms with E-state index in [1.54, 1.807) is 29.3 Å². The molecule has 2 aromatic heterocycles. The van der Waals surface area contributed by atoms with Crippen LogP contribution in [0.4, 0.5) is 4.39 Å². The number of carbonyl (C=O) groups excluding carboxylic acids is 1. The standard InChI is InChI=1S/C19H15FN2O2S/c20-15-8-6-14(7-9-15)18(23)17(22-10-2-1-3-11-22)19(25)21-13-16-5-4-12-24-16/h1-12,17H,13H2/p+1/t17-/m1/s1. The van der Waals surface area contributed by atoms with Crippen LogP contribution in [0.25, 0.3) is 0 Å². The molecule has 0 aliphatic heterocycles. The molecule has 0 spiro atoms. The van der Waals surface area contributed by atoms with Crippen LogP contribution in [0.3, 0.4) is 0 Å². The Bertz CT molecular complexity index is 849. The second kappa shape index (κ2) is 7.81. The third-order valence-corrected chi connectivity index (χ3v) is 4.05. The Hall–Kier alpha value is -2.86. The molecule has 0 unspecified atom stereocenters.